The maximum atomic E-state index is 11.0. The van der Waals surface area contributed by atoms with E-state index in [4.69, 9.17) is 4.74 Å². The van der Waals surface area contributed by atoms with E-state index in [9.17, 15) is 4.79 Å². The fourth-order valence-corrected chi connectivity index (χ4v) is 1.60. The molecule has 0 fully saturated rings. The zero-order valence-electron chi connectivity index (χ0n) is 8.90. The average molecular weight is 222 g/mol. The van der Waals surface area contributed by atoms with Crippen LogP contribution in [0.15, 0.2) is 40.6 Å². The van der Waals surface area contributed by atoms with Crippen molar-refractivity contribution in [2.45, 2.75) is 18.7 Å². The molecule has 0 heterocycles. The molecule has 2 nitrogen and oxygen atoms in total. The van der Waals surface area contributed by atoms with E-state index in [2.05, 4.69) is 0 Å². The molecule has 0 bridgehead atoms. The van der Waals surface area contributed by atoms with Gasteiger partial charge in [-0.05, 0) is 31.4 Å². The molecule has 0 aliphatic carbocycles. The summed E-state index contributed by atoms with van der Waals surface area (Å²) in [5, 5.41) is 1.74. The third-order valence-corrected chi connectivity index (χ3v) is 2.53. The maximum Gasteiger partial charge on any atom is 0.331 e. The van der Waals surface area contributed by atoms with Crippen molar-refractivity contribution in [3.8, 4) is 0 Å². The lowest BCUT2D eigenvalue weighted by Crippen LogP contribution is -1.98. The van der Waals surface area contributed by atoms with Crippen LogP contribution in [-0.2, 0) is 9.53 Å². The first-order valence-electron chi connectivity index (χ1n) is 4.79. The van der Waals surface area contributed by atoms with Crippen molar-refractivity contribution >= 4 is 17.7 Å². The van der Waals surface area contributed by atoms with E-state index in [0.29, 0.717) is 6.61 Å². The lowest BCUT2D eigenvalue weighted by atomic mass is 10.2. The predicted octanol–water partition coefficient (Wildman–Crippen LogP) is 3.16. The second kappa shape index (κ2) is 6.30. The van der Waals surface area contributed by atoms with Gasteiger partial charge in [-0.25, -0.2) is 4.79 Å². The molecule has 80 valence electrons. The van der Waals surface area contributed by atoms with Crippen LogP contribution in [0.25, 0.3) is 0 Å². The van der Waals surface area contributed by atoms with Crippen LogP contribution in [0, 0.1) is 6.92 Å². The second-order valence-electron chi connectivity index (χ2n) is 2.99. The minimum absolute atomic E-state index is 0.294. The Labute approximate surface area is 94.3 Å². The summed E-state index contributed by atoms with van der Waals surface area (Å²) in [5.41, 5.74) is 1.23. The Balaban J connectivity index is 2.43. The first-order chi connectivity index (χ1) is 7.22. The van der Waals surface area contributed by atoms with Gasteiger partial charge in [0, 0.05) is 11.0 Å². The summed E-state index contributed by atoms with van der Waals surface area (Å²) in [7, 11) is 0. The second-order valence-corrected chi connectivity index (χ2v) is 3.96. The molecule has 1 aromatic rings. The van der Waals surface area contributed by atoms with Gasteiger partial charge in [0.05, 0.1) is 6.61 Å². The van der Waals surface area contributed by atoms with E-state index in [1.165, 1.54) is 23.4 Å². The largest absolute Gasteiger partial charge is 0.463 e. The number of carbonyl (C=O) groups is 1. The Hall–Kier alpha value is -1.22. The molecular weight excluding hydrogens is 208 g/mol. The number of hydrogen-bond donors (Lipinski definition) is 0. The molecule has 0 saturated carbocycles. The van der Waals surface area contributed by atoms with Crippen LogP contribution in [0.1, 0.15) is 12.5 Å². The van der Waals surface area contributed by atoms with Crippen molar-refractivity contribution in [3.05, 3.63) is 41.3 Å². The monoisotopic (exact) mass is 222 g/mol. The van der Waals surface area contributed by atoms with Crippen molar-refractivity contribution in [2.24, 2.45) is 0 Å². The van der Waals surface area contributed by atoms with Gasteiger partial charge in [-0.1, -0.05) is 29.5 Å². The highest BCUT2D eigenvalue weighted by Gasteiger charge is 1.93. The van der Waals surface area contributed by atoms with Gasteiger partial charge in [-0.3, -0.25) is 0 Å². The molecule has 3 heteroatoms. The number of thioether (sulfide) groups is 1. The van der Waals surface area contributed by atoms with E-state index < -0.39 is 0 Å². The zero-order valence-corrected chi connectivity index (χ0v) is 9.71. The lowest BCUT2D eigenvalue weighted by molar-refractivity contribution is -0.137. The third-order valence-electron chi connectivity index (χ3n) is 1.72. The molecular formula is C12H14O2S. The number of benzene rings is 1. The Morgan fingerprint density at radius 1 is 1.40 bits per heavy atom. The van der Waals surface area contributed by atoms with Crippen LogP contribution in [0.2, 0.25) is 0 Å². The van der Waals surface area contributed by atoms with Crippen LogP contribution in [-0.4, -0.2) is 12.6 Å². The molecule has 0 amide bonds. The molecule has 0 unspecified atom stereocenters. The number of rotatable bonds is 4. The Kier molecular flexibility index (Phi) is 4.98. The van der Waals surface area contributed by atoms with Crippen molar-refractivity contribution in [1.82, 2.24) is 0 Å². The summed E-state index contributed by atoms with van der Waals surface area (Å²) < 4.78 is 4.76. The molecule has 1 rings (SSSR count). The van der Waals surface area contributed by atoms with Gasteiger partial charge in [0.2, 0.25) is 0 Å². The molecule has 15 heavy (non-hydrogen) atoms. The van der Waals surface area contributed by atoms with Gasteiger partial charge in [0.1, 0.15) is 0 Å². The summed E-state index contributed by atoms with van der Waals surface area (Å²) in [4.78, 5) is 12.1. The van der Waals surface area contributed by atoms with Gasteiger partial charge >= 0.3 is 5.97 Å². The van der Waals surface area contributed by atoms with E-state index in [1.807, 2.05) is 31.2 Å². The summed E-state index contributed by atoms with van der Waals surface area (Å²) >= 11 is 1.50. The predicted molar refractivity (Wildman–Crippen MR) is 62.8 cm³/mol. The molecule has 0 aliphatic heterocycles. The fraction of sp³-hybridized carbons (Fsp3) is 0.250. The van der Waals surface area contributed by atoms with Gasteiger partial charge in [-0.2, -0.15) is 0 Å². The summed E-state index contributed by atoms with van der Waals surface area (Å²) in [6.45, 7) is 4.25. The van der Waals surface area contributed by atoms with Crippen molar-refractivity contribution in [2.75, 3.05) is 6.61 Å². The van der Waals surface area contributed by atoms with E-state index in [0.717, 1.165) is 4.90 Å². The normalized spacial score (nSPS) is 10.5. The molecule has 0 aromatic heterocycles. The molecule has 0 N–H and O–H groups in total. The quantitative estimate of drug-likeness (QED) is 0.444. The third kappa shape index (κ3) is 4.70. The van der Waals surface area contributed by atoms with Gasteiger partial charge in [-0.15, -0.1) is 0 Å². The number of esters is 1. The molecule has 0 spiro atoms. The smallest absolute Gasteiger partial charge is 0.331 e. The molecule has 0 radical (unpaired) electrons. The summed E-state index contributed by atoms with van der Waals surface area (Å²) in [6, 6.07) is 8.13. The van der Waals surface area contributed by atoms with Crippen molar-refractivity contribution in [3.63, 3.8) is 0 Å². The first-order valence-corrected chi connectivity index (χ1v) is 5.67. The van der Waals surface area contributed by atoms with Crippen LogP contribution in [0.3, 0.4) is 0 Å². The number of hydrogen-bond acceptors (Lipinski definition) is 3. The van der Waals surface area contributed by atoms with Crippen LogP contribution in [0.4, 0.5) is 0 Å². The van der Waals surface area contributed by atoms with Gasteiger partial charge in [0.25, 0.3) is 0 Å². The SMILES string of the molecule is CCOC(=O)C=CSc1ccc(C)cc1. The topological polar surface area (TPSA) is 26.3 Å². The highest BCUT2D eigenvalue weighted by atomic mass is 32.2. The fourth-order valence-electron chi connectivity index (χ4n) is 0.975. The molecule has 0 saturated heterocycles. The molecule has 1 aromatic carbocycles. The van der Waals surface area contributed by atoms with Crippen LogP contribution >= 0.6 is 11.8 Å². The van der Waals surface area contributed by atoms with Crippen LogP contribution < -0.4 is 0 Å². The minimum Gasteiger partial charge on any atom is -0.463 e. The molecule has 0 atom stereocenters. The lowest BCUT2D eigenvalue weighted by Gasteiger charge is -1.97. The average Bonchev–Trinajstić information content (AvgIpc) is 2.21. The van der Waals surface area contributed by atoms with Crippen LogP contribution in [0.5, 0.6) is 0 Å². The standard InChI is InChI=1S/C12H14O2S/c1-3-14-12(13)8-9-15-11-6-4-10(2)5-7-11/h4-9H,3H2,1-2H3. The van der Waals surface area contributed by atoms with E-state index in [-0.39, 0.29) is 5.97 Å². The zero-order chi connectivity index (χ0) is 11.1. The Bertz CT molecular complexity index is 341. The first kappa shape index (κ1) is 11.9. The highest BCUT2D eigenvalue weighted by molar-refractivity contribution is 8.02. The number of carbonyl (C=O) groups excluding carboxylic acids is 1. The summed E-state index contributed by atoms with van der Waals surface area (Å²) in [6.07, 6.45) is 1.44. The highest BCUT2D eigenvalue weighted by Crippen LogP contribution is 2.19. The Morgan fingerprint density at radius 3 is 2.67 bits per heavy atom. The van der Waals surface area contributed by atoms with E-state index >= 15 is 0 Å². The van der Waals surface area contributed by atoms with Gasteiger partial charge < -0.3 is 4.74 Å². The maximum absolute atomic E-state index is 11.0. The van der Waals surface area contributed by atoms with E-state index in [1.54, 1.807) is 12.3 Å². The number of ether oxygens (including phenoxy) is 1. The molecule has 0 aliphatic rings. The van der Waals surface area contributed by atoms with Crippen molar-refractivity contribution in [1.29, 1.82) is 0 Å². The number of aryl methyl sites for hydroxylation is 1. The minimum atomic E-state index is -0.294. The Morgan fingerprint density at radius 2 is 2.07 bits per heavy atom. The van der Waals surface area contributed by atoms with Crippen molar-refractivity contribution < 1.29 is 9.53 Å². The summed E-state index contributed by atoms with van der Waals surface area (Å²) in [5.74, 6) is -0.294. The van der Waals surface area contributed by atoms with Gasteiger partial charge in [0.15, 0.2) is 0 Å².